The lowest BCUT2D eigenvalue weighted by molar-refractivity contribution is 0.0734. The molecule has 0 bridgehead atoms. The molecular weight excluding hydrogens is 256 g/mol. The van der Waals surface area contributed by atoms with Gasteiger partial charge < -0.3 is 15.4 Å². The van der Waals surface area contributed by atoms with Gasteiger partial charge >= 0.3 is 0 Å². The van der Waals surface area contributed by atoms with Gasteiger partial charge in [-0.25, -0.2) is 10.8 Å². The summed E-state index contributed by atoms with van der Waals surface area (Å²) in [6.45, 7) is 2.64. The fourth-order valence-electron chi connectivity index (χ4n) is 2.12. The molecule has 1 heterocycles. The van der Waals surface area contributed by atoms with E-state index in [4.69, 9.17) is 10.9 Å². The van der Waals surface area contributed by atoms with Crippen LogP contribution in [0.15, 0.2) is 30.3 Å². The normalized spacial score (nSPS) is 10.6. The number of aliphatic hydroxyl groups excluding tert-OH is 1. The lowest BCUT2D eigenvalue weighted by atomic mass is 10.1. The topological polar surface area (TPSA) is 91.5 Å². The van der Waals surface area contributed by atoms with Crippen LogP contribution in [-0.4, -0.2) is 40.6 Å². The molecular formula is C14H18N4O2. The number of para-hydroxylation sites is 1. The first-order valence-corrected chi connectivity index (χ1v) is 6.47. The van der Waals surface area contributed by atoms with Crippen molar-refractivity contribution >= 4 is 22.6 Å². The molecule has 0 atom stereocenters. The van der Waals surface area contributed by atoms with E-state index in [9.17, 15) is 4.79 Å². The molecule has 1 aromatic carbocycles. The number of likely N-dealkylation sites (N-methyl/N-ethyl adjacent to an activating group) is 1. The highest BCUT2D eigenvalue weighted by Gasteiger charge is 2.17. The van der Waals surface area contributed by atoms with Crippen LogP contribution in [0.4, 0.5) is 5.82 Å². The molecule has 0 fully saturated rings. The Labute approximate surface area is 117 Å². The van der Waals surface area contributed by atoms with Crippen molar-refractivity contribution in [1.82, 2.24) is 9.88 Å². The van der Waals surface area contributed by atoms with Crippen LogP contribution in [0.2, 0.25) is 0 Å². The van der Waals surface area contributed by atoms with Crippen LogP contribution in [0, 0.1) is 0 Å². The van der Waals surface area contributed by atoms with Crippen molar-refractivity contribution in [3.05, 3.63) is 35.9 Å². The summed E-state index contributed by atoms with van der Waals surface area (Å²) in [5, 5.41) is 9.81. The average molecular weight is 274 g/mol. The molecule has 0 aliphatic carbocycles. The molecule has 0 saturated carbocycles. The second kappa shape index (κ2) is 6.31. The maximum Gasteiger partial charge on any atom is 0.254 e. The van der Waals surface area contributed by atoms with Crippen LogP contribution >= 0.6 is 0 Å². The van der Waals surface area contributed by atoms with Gasteiger partial charge in [-0.1, -0.05) is 18.2 Å². The molecule has 0 saturated heterocycles. The van der Waals surface area contributed by atoms with Gasteiger partial charge in [0.15, 0.2) is 0 Å². The molecule has 6 heteroatoms. The summed E-state index contributed by atoms with van der Waals surface area (Å²) in [5.41, 5.74) is 3.70. The summed E-state index contributed by atoms with van der Waals surface area (Å²) in [6.07, 6.45) is 0. The van der Waals surface area contributed by atoms with Crippen molar-refractivity contribution in [3.8, 4) is 0 Å². The molecule has 2 rings (SSSR count). The number of pyridine rings is 1. The van der Waals surface area contributed by atoms with Gasteiger partial charge in [-0.3, -0.25) is 4.79 Å². The molecule has 1 amide bonds. The summed E-state index contributed by atoms with van der Waals surface area (Å²) in [4.78, 5) is 18.5. The Morgan fingerprint density at radius 3 is 2.85 bits per heavy atom. The molecule has 0 aliphatic heterocycles. The van der Waals surface area contributed by atoms with Crippen LogP contribution in [0.25, 0.3) is 10.9 Å². The minimum absolute atomic E-state index is 0.0649. The number of hydrazine groups is 1. The highest BCUT2D eigenvalue weighted by Crippen LogP contribution is 2.21. The maximum atomic E-state index is 12.6. The number of amides is 1. The lowest BCUT2D eigenvalue weighted by Crippen LogP contribution is -2.33. The summed E-state index contributed by atoms with van der Waals surface area (Å²) in [5.74, 6) is 5.69. The fraction of sp³-hybridized carbons (Fsp3) is 0.286. The Balaban J connectivity index is 2.54. The summed E-state index contributed by atoms with van der Waals surface area (Å²) < 4.78 is 0. The second-order valence-electron chi connectivity index (χ2n) is 4.32. The Morgan fingerprint density at radius 1 is 1.45 bits per heavy atom. The molecule has 20 heavy (non-hydrogen) atoms. The van der Waals surface area contributed by atoms with Crippen LogP contribution in [0.1, 0.15) is 17.3 Å². The number of anilines is 1. The number of nitrogens with two attached hydrogens (primary N) is 1. The van der Waals surface area contributed by atoms with E-state index < -0.39 is 0 Å². The highest BCUT2D eigenvalue weighted by molar-refractivity contribution is 6.06. The van der Waals surface area contributed by atoms with E-state index in [2.05, 4.69) is 10.4 Å². The number of aliphatic hydroxyl groups is 1. The molecule has 0 aliphatic rings. The van der Waals surface area contributed by atoms with E-state index in [0.29, 0.717) is 30.0 Å². The second-order valence-corrected chi connectivity index (χ2v) is 4.32. The minimum Gasteiger partial charge on any atom is -0.395 e. The van der Waals surface area contributed by atoms with Crippen molar-refractivity contribution in [2.75, 3.05) is 25.1 Å². The number of nitrogen functional groups attached to an aromatic ring is 1. The third-order valence-corrected chi connectivity index (χ3v) is 3.13. The van der Waals surface area contributed by atoms with E-state index in [1.807, 2.05) is 31.2 Å². The predicted molar refractivity (Wildman–Crippen MR) is 78.2 cm³/mol. The standard InChI is InChI=1S/C14H18N4O2/c1-2-18(7-8-19)14(20)11-9-13(17-15)16-12-6-4-3-5-10(11)12/h3-6,9,19H,2,7-8,15H2,1H3,(H,16,17). The van der Waals surface area contributed by atoms with Crippen LogP contribution in [0.3, 0.4) is 0 Å². The van der Waals surface area contributed by atoms with Gasteiger partial charge in [0, 0.05) is 18.5 Å². The number of benzene rings is 1. The Hall–Kier alpha value is -2.18. The van der Waals surface area contributed by atoms with E-state index >= 15 is 0 Å². The van der Waals surface area contributed by atoms with E-state index in [1.165, 1.54) is 0 Å². The third-order valence-electron chi connectivity index (χ3n) is 3.13. The minimum atomic E-state index is -0.142. The lowest BCUT2D eigenvalue weighted by Gasteiger charge is -2.20. The van der Waals surface area contributed by atoms with Crippen LogP contribution in [-0.2, 0) is 0 Å². The maximum absolute atomic E-state index is 12.6. The van der Waals surface area contributed by atoms with Gasteiger partial charge in [0.05, 0.1) is 17.7 Å². The zero-order valence-corrected chi connectivity index (χ0v) is 11.3. The van der Waals surface area contributed by atoms with Gasteiger partial charge in [-0.05, 0) is 19.1 Å². The highest BCUT2D eigenvalue weighted by atomic mass is 16.3. The SMILES string of the molecule is CCN(CCO)C(=O)c1cc(NN)nc2ccccc12. The number of aromatic nitrogens is 1. The fourth-order valence-corrected chi connectivity index (χ4v) is 2.12. The number of carbonyl (C=O) groups excluding carboxylic acids is 1. The number of nitrogens with one attached hydrogen (secondary N) is 1. The first-order chi connectivity index (χ1) is 9.71. The van der Waals surface area contributed by atoms with Crippen LogP contribution in [0.5, 0.6) is 0 Å². The zero-order valence-electron chi connectivity index (χ0n) is 11.3. The van der Waals surface area contributed by atoms with Crippen LogP contribution < -0.4 is 11.3 Å². The molecule has 4 N–H and O–H groups in total. The summed E-state index contributed by atoms with van der Waals surface area (Å²) >= 11 is 0. The molecule has 0 radical (unpaired) electrons. The summed E-state index contributed by atoms with van der Waals surface area (Å²) in [6, 6.07) is 9.02. The molecule has 0 spiro atoms. The Kier molecular flexibility index (Phi) is 4.49. The van der Waals surface area contributed by atoms with E-state index in [1.54, 1.807) is 11.0 Å². The average Bonchev–Trinajstić information content (AvgIpc) is 2.50. The summed E-state index contributed by atoms with van der Waals surface area (Å²) in [7, 11) is 0. The van der Waals surface area contributed by atoms with E-state index in [0.717, 1.165) is 5.39 Å². The Morgan fingerprint density at radius 2 is 2.20 bits per heavy atom. The predicted octanol–water partition coefficient (Wildman–Crippen LogP) is 0.975. The quantitative estimate of drug-likeness (QED) is 0.558. The molecule has 106 valence electrons. The molecule has 0 unspecified atom stereocenters. The van der Waals surface area contributed by atoms with E-state index in [-0.39, 0.29) is 12.5 Å². The molecule has 2 aromatic rings. The van der Waals surface area contributed by atoms with Gasteiger partial charge in [0.2, 0.25) is 0 Å². The van der Waals surface area contributed by atoms with Crippen molar-refractivity contribution < 1.29 is 9.90 Å². The van der Waals surface area contributed by atoms with Crippen molar-refractivity contribution in [3.63, 3.8) is 0 Å². The van der Waals surface area contributed by atoms with Gasteiger partial charge in [-0.2, -0.15) is 0 Å². The zero-order chi connectivity index (χ0) is 14.5. The van der Waals surface area contributed by atoms with Gasteiger partial charge in [0.25, 0.3) is 5.91 Å². The number of hydrogen-bond donors (Lipinski definition) is 3. The Bertz CT molecular complexity index is 615. The largest absolute Gasteiger partial charge is 0.395 e. The number of nitrogens with zero attached hydrogens (tertiary/aromatic N) is 2. The van der Waals surface area contributed by atoms with Crippen molar-refractivity contribution in [2.45, 2.75) is 6.92 Å². The van der Waals surface area contributed by atoms with Crippen molar-refractivity contribution in [2.24, 2.45) is 5.84 Å². The molecule has 6 nitrogen and oxygen atoms in total. The third kappa shape index (κ3) is 2.71. The first-order valence-electron chi connectivity index (χ1n) is 6.47. The van der Waals surface area contributed by atoms with Gasteiger partial charge in [-0.15, -0.1) is 0 Å². The van der Waals surface area contributed by atoms with Crippen molar-refractivity contribution in [1.29, 1.82) is 0 Å². The first kappa shape index (κ1) is 14.2. The molecule has 1 aromatic heterocycles. The number of carbonyl (C=O) groups is 1. The number of hydrogen-bond acceptors (Lipinski definition) is 5. The number of rotatable bonds is 5. The monoisotopic (exact) mass is 274 g/mol. The smallest absolute Gasteiger partial charge is 0.254 e. The number of fused-ring (bicyclic) bond motifs is 1. The van der Waals surface area contributed by atoms with Gasteiger partial charge in [0.1, 0.15) is 5.82 Å².